The van der Waals surface area contributed by atoms with Crippen molar-refractivity contribution in [1.29, 1.82) is 0 Å². The van der Waals surface area contributed by atoms with Gasteiger partial charge < -0.3 is 4.79 Å². The number of hydrogen-bond acceptors (Lipinski definition) is 2. The van der Waals surface area contributed by atoms with Crippen LogP contribution in [0.15, 0.2) is 12.2 Å². The van der Waals surface area contributed by atoms with Crippen molar-refractivity contribution in [3.05, 3.63) is 12.2 Å². The molecule has 3 heteroatoms. The predicted octanol–water partition coefficient (Wildman–Crippen LogP) is 3.53. The first-order valence-electron chi connectivity index (χ1n) is 5.81. The normalized spacial score (nSPS) is 13.1. The zero-order valence-corrected chi connectivity index (χ0v) is 12.4. The van der Waals surface area contributed by atoms with E-state index in [2.05, 4.69) is 33.9 Å². The summed E-state index contributed by atoms with van der Waals surface area (Å²) in [4.78, 5) is 23.4. The summed E-state index contributed by atoms with van der Waals surface area (Å²) in [6, 6.07) is 0. The largest absolute Gasteiger partial charge is 0.305 e. The van der Waals surface area contributed by atoms with Gasteiger partial charge in [0.05, 0.1) is 0 Å². The lowest BCUT2D eigenvalue weighted by Gasteiger charge is -2.35. The zero-order valence-electron chi connectivity index (χ0n) is 11.4. The Balaban J connectivity index is 4.43. The standard InChI is InChI=1S/C13H24O2Si/c1-7-8-11(14)9-10-12(15)16(5,6)13(2,3)4/h7-8H,9-10H2,1-6H3/b8-7+. The molecule has 0 fully saturated rings. The lowest BCUT2D eigenvalue weighted by Crippen LogP contribution is -2.46. The summed E-state index contributed by atoms with van der Waals surface area (Å²) >= 11 is 0. The molecule has 0 aromatic rings. The fraction of sp³-hybridized carbons (Fsp3) is 0.692. The molecule has 0 aliphatic rings. The van der Waals surface area contributed by atoms with Gasteiger partial charge in [-0.3, -0.25) is 4.79 Å². The lowest BCUT2D eigenvalue weighted by atomic mass is 10.2. The van der Waals surface area contributed by atoms with Crippen LogP contribution in [-0.2, 0) is 9.59 Å². The molecule has 0 bridgehead atoms. The van der Waals surface area contributed by atoms with Crippen LogP contribution in [0, 0.1) is 0 Å². The molecule has 0 aromatic heterocycles. The number of carbonyl (C=O) groups excluding carboxylic acids is 2. The lowest BCUT2D eigenvalue weighted by molar-refractivity contribution is -0.118. The van der Waals surface area contributed by atoms with Gasteiger partial charge in [0.1, 0.15) is 13.5 Å². The molecule has 0 amide bonds. The Morgan fingerprint density at radius 1 is 1.12 bits per heavy atom. The van der Waals surface area contributed by atoms with Crippen molar-refractivity contribution in [2.45, 2.75) is 58.7 Å². The van der Waals surface area contributed by atoms with E-state index < -0.39 is 8.07 Å². The van der Waals surface area contributed by atoms with E-state index in [0.29, 0.717) is 18.2 Å². The first-order valence-corrected chi connectivity index (χ1v) is 8.81. The van der Waals surface area contributed by atoms with E-state index in [1.807, 2.05) is 6.92 Å². The maximum absolute atomic E-state index is 12.1. The Kier molecular flexibility index (Phi) is 5.33. The first kappa shape index (κ1) is 15.3. The number of allylic oxidation sites excluding steroid dienone is 2. The second kappa shape index (κ2) is 5.57. The molecular formula is C13H24O2Si. The molecule has 16 heavy (non-hydrogen) atoms. The van der Waals surface area contributed by atoms with E-state index in [1.165, 1.54) is 0 Å². The van der Waals surface area contributed by atoms with E-state index in [1.54, 1.807) is 12.2 Å². The van der Waals surface area contributed by atoms with Crippen LogP contribution in [0.2, 0.25) is 18.1 Å². The van der Waals surface area contributed by atoms with Crippen LogP contribution in [0.3, 0.4) is 0 Å². The third kappa shape index (κ3) is 4.04. The Morgan fingerprint density at radius 2 is 1.62 bits per heavy atom. The van der Waals surface area contributed by atoms with Crippen molar-refractivity contribution in [2.24, 2.45) is 0 Å². The molecule has 0 saturated carbocycles. The molecule has 92 valence electrons. The maximum atomic E-state index is 12.1. The molecule has 2 nitrogen and oxygen atoms in total. The molecule has 0 radical (unpaired) electrons. The summed E-state index contributed by atoms with van der Waals surface area (Å²) in [5.41, 5.74) is 0. The average molecular weight is 240 g/mol. The Hall–Kier alpha value is -0.703. The number of carbonyl (C=O) groups is 2. The number of rotatable bonds is 5. The fourth-order valence-electron chi connectivity index (χ4n) is 1.24. The second-order valence-electron chi connectivity index (χ2n) is 5.76. The maximum Gasteiger partial charge on any atom is 0.155 e. The van der Waals surface area contributed by atoms with E-state index in [0.717, 1.165) is 0 Å². The van der Waals surface area contributed by atoms with Crippen molar-refractivity contribution >= 4 is 19.3 Å². The second-order valence-corrected chi connectivity index (χ2v) is 11.1. The average Bonchev–Trinajstić information content (AvgIpc) is 2.12. The van der Waals surface area contributed by atoms with Gasteiger partial charge in [-0.2, -0.15) is 0 Å². The Morgan fingerprint density at radius 3 is 2.00 bits per heavy atom. The van der Waals surface area contributed by atoms with Crippen LogP contribution in [0.25, 0.3) is 0 Å². The SMILES string of the molecule is C/C=C/C(=O)CCC(=O)[Si](C)(C)C(C)(C)C. The molecule has 0 N–H and O–H groups in total. The molecule has 0 heterocycles. The van der Waals surface area contributed by atoms with Gasteiger partial charge in [-0.05, 0) is 18.0 Å². The van der Waals surface area contributed by atoms with Crippen molar-refractivity contribution in [1.82, 2.24) is 0 Å². The van der Waals surface area contributed by atoms with Crippen LogP contribution in [0.4, 0.5) is 0 Å². The minimum absolute atomic E-state index is 0.0505. The monoisotopic (exact) mass is 240 g/mol. The smallest absolute Gasteiger partial charge is 0.155 e. The van der Waals surface area contributed by atoms with Crippen LogP contribution >= 0.6 is 0 Å². The third-order valence-corrected chi connectivity index (χ3v) is 8.92. The molecule has 0 unspecified atom stereocenters. The van der Waals surface area contributed by atoms with Gasteiger partial charge in [-0.1, -0.05) is 39.9 Å². The molecule has 0 rings (SSSR count). The topological polar surface area (TPSA) is 34.1 Å². The van der Waals surface area contributed by atoms with E-state index in [9.17, 15) is 9.59 Å². The van der Waals surface area contributed by atoms with Crippen molar-refractivity contribution in [2.75, 3.05) is 0 Å². The predicted molar refractivity (Wildman–Crippen MR) is 71.3 cm³/mol. The number of ketones is 1. The highest BCUT2D eigenvalue weighted by Gasteiger charge is 2.41. The van der Waals surface area contributed by atoms with Crippen molar-refractivity contribution < 1.29 is 9.59 Å². The molecular weight excluding hydrogens is 216 g/mol. The van der Waals surface area contributed by atoms with Gasteiger partial charge in [0.25, 0.3) is 0 Å². The quantitative estimate of drug-likeness (QED) is 0.544. The van der Waals surface area contributed by atoms with Gasteiger partial charge in [0.2, 0.25) is 0 Å². The summed E-state index contributed by atoms with van der Waals surface area (Å²) < 4.78 is 0. The van der Waals surface area contributed by atoms with Crippen LogP contribution < -0.4 is 0 Å². The minimum atomic E-state index is -1.91. The molecule has 0 aliphatic carbocycles. The minimum Gasteiger partial charge on any atom is -0.305 e. The Bertz CT molecular complexity index is 296. The van der Waals surface area contributed by atoms with Gasteiger partial charge in [-0.15, -0.1) is 0 Å². The van der Waals surface area contributed by atoms with E-state index in [-0.39, 0.29) is 10.8 Å². The fourth-order valence-corrected chi connectivity index (χ4v) is 2.82. The van der Waals surface area contributed by atoms with Crippen LogP contribution in [0.1, 0.15) is 40.5 Å². The van der Waals surface area contributed by atoms with Crippen molar-refractivity contribution in [3.63, 3.8) is 0 Å². The van der Waals surface area contributed by atoms with E-state index in [4.69, 9.17) is 0 Å². The molecule has 0 spiro atoms. The highest BCUT2D eigenvalue weighted by Crippen LogP contribution is 2.37. The highest BCUT2D eigenvalue weighted by molar-refractivity contribution is 7.06. The number of hydrogen-bond donors (Lipinski definition) is 0. The molecule has 0 aromatic carbocycles. The van der Waals surface area contributed by atoms with Gasteiger partial charge >= 0.3 is 0 Å². The first-order chi connectivity index (χ1) is 7.13. The van der Waals surface area contributed by atoms with Gasteiger partial charge in [0, 0.05) is 12.8 Å². The molecule has 0 atom stereocenters. The molecule has 0 saturated heterocycles. The van der Waals surface area contributed by atoms with Crippen molar-refractivity contribution in [3.8, 4) is 0 Å². The van der Waals surface area contributed by atoms with Crippen LogP contribution in [-0.4, -0.2) is 19.3 Å². The van der Waals surface area contributed by atoms with Gasteiger partial charge in [0.15, 0.2) is 5.78 Å². The summed E-state index contributed by atoms with van der Waals surface area (Å²) in [5.74, 6) is 0.0505. The highest BCUT2D eigenvalue weighted by atomic mass is 28.3. The summed E-state index contributed by atoms with van der Waals surface area (Å²) in [5, 5.41) is 0.367. The zero-order chi connectivity index (χ0) is 13.0. The summed E-state index contributed by atoms with van der Waals surface area (Å²) in [7, 11) is -1.91. The summed E-state index contributed by atoms with van der Waals surface area (Å²) in [6.07, 6.45) is 4.02. The van der Waals surface area contributed by atoms with Gasteiger partial charge in [-0.25, -0.2) is 0 Å². The summed E-state index contributed by atoms with van der Waals surface area (Å²) in [6.45, 7) is 12.3. The van der Waals surface area contributed by atoms with E-state index >= 15 is 0 Å². The van der Waals surface area contributed by atoms with Crippen LogP contribution in [0.5, 0.6) is 0 Å². The third-order valence-electron chi connectivity index (χ3n) is 3.52. The Labute approximate surface area is 100 Å². The molecule has 0 aliphatic heterocycles.